The van der Waals surface area contributed by atoms with Crippen molar-refractivity contribution in [3.63, 3.8) is 0 Å². The van der Waals surface area contributed by atoms with Gasteiger partial charge in [-0.1, -0.05) is 25.2 Å². The summed E-state index contributed by atoms with van der Waals surface area (Å²) in [4.78, 5) is 19.0. The van der Waals surface area contributed by atoms with Gasteiger partial charge in [0.05, 0.1) is 5.69 Å². The maximum atomic E-state index is 12.1. The lowest BCUT2D eigenvalue weighted by molar-refractivity contribution is 0.0952. The fourth-order valence-corrected chi connectivity index (χ4v) is 2.62. The molecule has 20 heavy (non-hydrogen) atoms. The number of aliphatic hydroxyl groups is 1. The van der Waals surface area contributed by atoms with Gasteiger partial charge >= 0.3 is 0 Å². The van der Waals surface area contributed by atoms with Crippen molar-refractivity contribution in [3.8, 4) is 0 Å². The summed E-state index contributed by atoms with van der Waals surface area (Å²) in [6.07, 6.45) is 1.74. The van der Waals surface area contributed by atoms with Gasteiger partial charge in [-0.15, -0.1) is 0 Å². The number of amides is 1. The summed E-state index contributed by atoms with van der Waals surface area (Å²) in [7, 11) is 3.83. The highest BCUT2D eigenvalue weighted by Crippen LogP contribution is 2.24. The minimum Gasteiger partial charge on any atom is -0.396 e. The Balaban J connectivity index is 2.47. The molecule has 1 rings (SSSR count). The maximum Gasteiger partial charge on any atom is 0.263 e. The van der Waals surface area contributed by atoms with Crippen LogP contribution >= 0.6 is 11.3 Å². The monoisotopic (exact) mass is 299 g/mol. The lowest BCUT2D eigenvalue weighted by Gasteiger charge is -2.21. The number of nitrogens with zero attached hydrogens (tertiary/aromatic N) is 2. The first kappa shape index (κ1) is 16.9. The third-order valence-corrected chi connectivity index (χ3v) is 4.44. The zero-order chi connectivity index (χ0) is 15.3. The molecule has 1 heterocycles. The molecule has 1 aromatic heterocycles. The minimum absolute atomic E-state index is 0.0603. The van der Waals surface area contributed by atoms with Gasteiger partial charge in [0.25, 0.3) is 5.91 Å². The van der Waals surface area contributed by atoms with Gasteiger partial charge < -0.3 is 15.3 Å². The van der Waals surface area contributed by atoms with E-state index in [-0.39, 0.29) is 17.9 Å². The molecule has 2 N–H and O–H groups in total. The molecule has 0 bridgehead atoms. The minimum atomic E-state index is -0.0801. The van der Waals surface area contributed by atoms with E-state index in [2.05, 4.69) is 10.3 Å². The highest BCUT2D eigenvalue weighted by molar-refractivity contribution is 7.17. The average Bonchev–Trinajstić information content (AvgIpc) is 2.77. The van der Waals surface area contributed by atoms with Crippen LogP contribution in [-0.4, -0.2) is 43.2 Å². The summed E-state index contributed by atoms with van der Waals surface area (Å²) in [6, 6.07) is 0. The summed E-state index contributed by atoms with van der Waals surface area (Å²) in [5, 5.41) is 12.9. The quantitative estimate of drug-likeness (QED) is 0.756. The molecular formula is C14H25N3O2S. The Hall–Kier alpha value is -1.14. The van der Waals surface area contributed by atoms with Crippen LogP contribution in [-0.2, 0) is 0 Å². The molecule has 1 amide bonds. The van der Waals surface area contributed by atoms with E-state index in [4.69, 9.17) is 0 Å². The van der Waals surface area contributed by atoms with E-state index in [1.807, 2.05) is 39.8 Å². The summed E-state index contributed by atoms with van der Waals surface area (Å²) in [5.41, 5.74) is 0.690. The lowest BCUT2D eigenvalue weighted by Crippen LogP contribution is -2.26. The van der Waals surface area contributed by atoms with E-state index in [0.717, 1.165) is 23.7 Å². The number of thiazole rings is 1. The van der Waals surface area contributed by atoms with E-state index in [0.29, 0.717) is 11.4 Å². The first-order valence-corrected chi connectivity index (χ1v) is 7.62. The third-order valence-electron chi connectivity index (χ3n) is 3.12. The molecule has 0 aliphatic rings. The second kappa shape index (κ2) is 7.04. The lowest BCUT2D eigenvalue weighted by atomic mass is 9.89. The van der Waals surface area contributed by atoms with Gasteiger partial charge in [-0.25, -0.2) is 4.98 Å². The van der Waals surface area contributed by atoms with Crippen molar-refractivity contribution in [1.82, 2.24) is 10.3 Å². The van der Waals surface area contributed by atoms with Crippen molar-refractivity contribution in [2.75, 3.05) is 32.1 Å². The number of carbonyl (C=O) groups is 1. The summed E-state index contributed by atoms with van der Waals surface area (Å²) < 4.78 is 0. The van der Waals surface area contributed by atoms with Crippen molar-refractivity contribution >= 4 is 22.4 Å². The Bertz CT molecular complexity index is 455. The van der Waals surface area contributed by atoms with E-state index >= 15 is 0 Å². The standard InChI is InChI=1S/C14H25N3O2S/c1-10-11(20-13(16-10)17(4)5)12(19)15-8-6-7-14(2,3)9-18/h18H,6-9H2,1-5H3,(H,15,19). The Kier molecular flexibility index (Phi) is 5.95. The van der Waals surface area contributed by atoms with Gasteiger partial charge in [0.2, 0.25) is 0 Å². The number of nitrogens with one attached hydrogen (secondary N) is 1. The molecule has 0 aliphatic heterocycles. The smallest absolute Gasteiger partial charge is 0.263 e. The second-order valence-electron chi connectivity index (χ2n) is 5.99. The van der Waals surface area contributed by atoms with Crippen molar-refractivity contribution in [3.05, 3.63) is 10.6 Å². The van der Waals surface area contributed by atoms with Crippen LogP contribution in [0.15, 0.2) is 0 Å². The molecular weight excluding hydrogens is 274 g/mol. The topological polar surface area (TPSA) is 65.5 Å². The molecule has 0 radical (unpaired) electrons. The molecule has 0 aliphatic carbocycles. The number of hydrogen-bond acceptors (Lipinski definition) is 5. The highest BCUT2D eigenvalue weighted by Gasteiger charge is 2.18. The van der Waals surface area contributed by atoms with Gasteiger partial charge in [0, 0.05) is 27.2 Å². The third kappa shape index (κ3) is 4.76. The van der Waals surface area contributed by atoms with Crippen LogP contribution in [0.5, 0.6) is 0 Å². The van der Waals surface area contributed by atoms with E-state index in [1.54, 1.807) is 0 Å². The number of hydrogen-bond donors (Lipinski definition) is 2. The number of aryl methyl sites for hydroxylation is 1. The zero-order valence-corrected chi connectivity index (χ0v) is 13.8. The second-order valence-corrected chi connectivity index (χ2v) is 6.96. The van der Waals surface area contributed by atoms with Crippen molar-refractivity contribution in [2.24, 2.45) is 5.41 Å². The van der Waals surface area contributed by atoms with Crippen molar-refractivity contribution in [1.29, 1.82) is 0 Å². The van der Waals surface area contributed by atoms with Crippen LogP contribution in [0.3, 0.4) is 0 Å². The highest BCUT2D eigenvalue weighted by atomic mass is 32.1. The zero-order valence-electron chi connectivity index (χ0n) is 13.0. The first-order chi connectivity index (χ1) is 9.26. The van der Waals surface area contributed by atoms with Gasteiger partial charge in [0.15, 0.2) is 5.13 Å². The number of carbonyl (C=O) groups excluding carboxylic acids is 1. The predicted octanol–water partition coefficient (Wildman–Crippen LogP) is 2.05. The normalized spacial score (nSPS) is 11.5. The van der Waals surface area contributed by atoms with Gasteiger partial charge in [-0.05, 0) is 25.2 Å². The number of rotatable bonds is 7. The molecule has 5 nitrogen and oxygen atoms in total. The molecule has 0 unspecified atom stereocenters. The molecule has 0 saturated carbocycles. The van der Waals surface area contributed by atoms with Crippen molar-refractivity contribution in [2.45, 2.75) is 33.6 Å². The van der Waals surface area contributed by atoms with Crippen molar-refractivity contribution < 1.29 is 9.90 Å². The number of aromatic nitrogens is 1. The van der Waals surface area contributed by atoms with Crippen LogP contribution in [0.4, 0.5) is 5.13 Å². The van der Waals surface area contributed by atoms with E-state index in [9.17, 15) is 9.90 Å². The van der Waals surface area contributed by atoms with E-state index in [1.165, 1.54) is 11.3 Å². The molecule has 0 spiro atoms. The van der Waals surface area contributed by atoms with Gasteiger partial charge in [0.1, 0.15) is 4.88 Å². The molecule has 0 atom stereocenters. The predicted molar refractivity (Wildman–Crippen MR) is 83.6 cm³/mol. The summed E-state index contributed by atoms with van der Waals surface area (Å²) in [5.74, 6) is -0.0603. The van der Waals surface area contributed by atoms with Crippen LogP contribution in [0.1, 0.15) is 42.1 Å². The van der Waals surface area contributed by atoms with Gasteiger partial charge in [-0.2, -0.15) is 0 Å². The largest absolute Gasteiger partial charge is 0.396 e. The Labute approximate surface area is 125 Å². The van der Waals surface area contributed by atoms with Crippen LogP contribution < -0.4 is 10.2 Å². The maximum absolute atomic E-state index is 12.1. The number of anilines is 1. The Morgan fingerprint density at radius 1 is 1.45 bits per heavy atom. The molecule has 0 aromatic carbocycles. The molecule has 6 heteroatoms. The van der Waals surface area contributed by atoms with Crippen LogP contribution in [0.25, 0.3) is 0 Å². The molecule has 0 fully saturated rings. The van der Waals surface area contributed by atoms with Crippen LogP contribution in [0, 0.1) is 12.3 Å². The van der Waals surface area contributed by atoms with E-state index < -0.39 is 0 Å². The number of aliphatic hydroxyl groups excluding tert-OH is 1. The summed E-state index contributed by atoms with van der Waals surface area (Å²) in [6.45, 7) is 6.68. The van der Waals surface area contributed by atoms with Gasteiger partial charge in [-0.3, -0.25) is 4.79 Å². The fraction of sp³-hybridized carbons (Fsp3) is 0.714. The summed E-state index contributed by atoms with van der Waals surface area (Å²) >= 11 is 1.41. The molecule has 0 saturated heterocycles. The van der Waals surface area contributed by atoms with Crippen LogP contribution in [0.2, 0.25) is 0 Å². The first-order valence-electron chi connectivity index (χ1n) is 6.80. The Morgan fingerprint density at radius 3 is 2.60 bits per heavy atom. The molecule has 114 valence electrons. The SMILES string of the molecule is Cc1nc(N(C)C)sc1C(=O)NCCCC(C)(C)CO. The average molecular weight is 299 g/mol. The molecule has 1 aromatic rings. The fourth-order valence-electron chi connectivity index (χ4n) is 1.71. The Morgan fingerprint density at radius 2 is 2.10 bits per heavy atom.